The van der Waals surface area contributed by atoms with Gasteiger partial charge in [0.15, 0.2) is 5.60 Å². The smallest absolute Gasteiger partial charge is 0.153 e. The number of rotatable bonds is 4. The van der Waals surface area contributed by atoms with Crippen molar-refractivity contribution in [1.29, 1.82) is 0 Å². The Morgan fingerprint density at radius 2 is 1.79 bits per heavy atom. The van der Waals surface area contributed by atoms with E-state index in [1.54, 1.807) is 0 Å². The van der Waals surface area contributed by atoms with Crippen LogP contribution in [0.3, 0.4) is 0 Å². The van der Waals surface area contributed by atoms with E-state index in [0.29, 0.717) is 6.42 Å². The van der Waals surface area contributed by atoms with Crippen molar-refractivity contribution in [2.24, 2.45) is 0 Å². The van der Waals surface area contributed by atoms with E-state index in [9.17, 15) is 5.11 Å². The van der Waals surface area contributed by atoms with Crippen molar-refractivity contribution in [2.75, 3.05) is 0 Å². The molecular weight excluding hydrogens is 248 g/mol. The van der Waals surface area contributed by atoms with Crippen molar-refractivity contribution in [3.8, 4) is 11.5 Å². The van der Waals surface area contributed by atoms with E-state index in [2.05, 4.69) is 44.1 Å². The highest BCUT2D eigenvalue weighted by molar-refractivity contribution is 6.83. The summed E-state index contributed by atoms with van der Waals surface area (Å²) in [6.45, 7) is 8.65. The summed E-state index contributed by atoms with van der Waals surface area (Å²) < 4.78 is 0. The van der Waals surface area contributed by atoms with E-state index in [1.807, 2.05) is 36.4 Å². The largest absolute Gasteiger partial charge is 0.373 e. The van der Waals surface area contributed by atoms with Crippen molar-refractivity contribution in [2.45, 2.75) is 45.0 Å². The maximum atomic E-state index is 10.9. The van der Waals surface area contributed by atoms with Crippen molar-refractivity contribution < 1.29 is 5.11 Å². The van der Waals surface area contributed by atoms with Gasteiger partial charge in [-0.15, -0.1) is 5.54 Å². The molecule has 0 aliphatic rings. The molecule has 1 aromatic rings. The molecule has 0 aromatic heterocycles. The van der Waals surface area contributed by atoms with E-state index < -0.39 is 13.7 Å². The molecule has 19 heavy (non-hydrogen) atoms. The molecule has 1 rings (SSSR count). The minimum Gasteiger partial charge on any atom is -0.373 e. The van der Waals surface area contributed by atoms with Crippen LogP contribution in [0.25, 0.3) is 0 Å². The summed E-state index contributed by atoms with van der Waals surface area (Å²) in [7, 11) is -1.49. The molecule has 0 aliphatic heterocycles. The number of benzene rings is 1. The van der Waals surface area contributed by atoms with Gasteiger partial charge in [0, 0.05) is 6.42 Å². The molecule has 0 saturated carbocycles. The van der Waals surface area contributed by atoms with Crippen LogP contribution in [0.2, 0.25) is 19.6 Å². The average Bonchev–Trinajstić information content (AvgIpc) is 2.37. The van der Waals surface area contributed by atoms with Gasteiger partial charge in [-0.05, 0) is 12.0 Å². The molecule has 0 amide bonds. The Hall–Kier alpha value is -1.30. The lowest BCUT2D eigenvalue weighted by Crippen LogP contribution is -2.25. The molecule has 1 atom stereocenters. The lowest BCUT2D eigenvalue weighted by Gasteiger charge is -2.22. The van der Waals surface area contributed by atoms with Gasteiger partial charge >= 0.3 is 0 Å². The number of allylic oxidation sites excluding steroid dienone is 1. The maximum Gasteiger partial charge on any atom is 0.153 e. The summed E-state index contributed by atoms with van der Waals surface area (Å²) in [5.74, 6) is 3.13. The van der Waals surface area contributed by atoms with Gasteiger partial charge in [-0.2, -0.15) is 0 Å². The molecular formula is C17H24OSi. The van der Waals surface area contributed by atoms with Crippen LogP contribution in [-0.4, -0.2) is 13.2 Å². The topological polar surface area (TPSA) is 20.2 Å². The molecule has 1 N–H and O–H groups in total. The van der Waals surface area contributed by atoms with Crippen LogP contribution in [0.1, 0.15) is 25.3 Å². The van der Waals surface area contributed by atoms with Crippen LogP contribution in [-0.2, 0) is 5.60 Å². The molecule has 102 valence electrons. The summed E-state index contributed by atoms with van der Waals surface area (Å²) in [5.41, 5.74) is 3.11. The van der Waals surface area contributed by atoms with Gasteiger partial charge in [0.1, 0.15) is 8.07 Å². The molecule has 0 spiro atoms. The van der Waals surface area contributed by atoms with Gasteiger partial charge in [0.05, 0.1) is 0 Å². The van der Waals surface area contributed by atoms with E-state index in [0.717, 1.165) is 12.0 Å². The normalized spacial score (nSPS) is 14.8. The van der Waals surface area contributed by atoms with Crippen molar-refractivity contribution in [3.05, 3.63) is 48.0 Å². The van der Waals surface area contributed by atoms with Gasteiger partial charge in [-0.3, -0.25) is 0 Å². The van der Waals surface area contributed by atoms with Crippen LogP contribution >= 0.6 is 0 Å². The zero-order chi connectivity index (χ0) is 14.4. The Kier molecular flexibility index (Phi) is 5.59. The fourth-order valence-electron chi connectivity index (χ4n) is 1.67. The highest BCUT2D eigenvalue weighted by Crippen LogP contribution is 2.25. The Bertz CT molecular complexity index is 473. The van der Waals surface area contributed by atoms with Crippen LogP contribution in [0, 0.1) is 11.5 Å². The predicted octanol–water partition coefficient (Wildman–Crippen LogP) is 4.11. The first-order chi connectivity index (χ1) is 8.87. The third kappa shape index (κ3) is 5.46. The SMILES string of the molecule is CCC=CC[C@@](O)(C#C[Si](C)(C)C)c1ccccc1. The van der Waals surface area contributed by atoms with Crippen LogP contribution < -0.4 is 0 Å². The second-order valence-electron chi connectivity index (χ2n) is 5.81. The molecule has 2 heteroatoms. The first-order valence-corrected chi connectivity index (χ1v) is 10.3. The molecule has 0 bridgehead atoms. The number of hydrogen-bond donors (Lipinski definition) is 1. The third-order valence-electron chi connectivity index (χ3n) is 2.71. The quantitative estimate of drug-likeness (QED) is 0.497. The van der Waals surface area contributed by atoms with Gasteiger partial charge in [0.25, 0.3) is 0 Å². The van der Waals surface area contributed by atoms with E-state index in [1.165, 1.54) is 0 Å². The minimum absolute atomic E-state index is 0.544. The second kappa shape index (κ2) is 6.74. The predicted molar refractivity (Wildman–Crippen MR) is 85.5 cm³/mol. The highest BCUT2D eigenvalue weighted by atomic mass is 28.3. The summed E-state index contributed by atoms with van der Waals surface area (Å²) in [4.78, 5) is 0. The van der Waals surface area contributed by atoms with Crippen molar-refractivity contribution in [1.82, 2.24) is 0 Å². The number of aliphatic hydroxyl groups is 1. The summed E-state index contributed by atoms with van der Waals surface area (Å²) in [6.07, 6.45) is 5.62. The number of hydrogen-bond acceptors (Lipinski definition) is 1. The Labute approximate surface area is 118 Å². The lowest BCUT2D eigenvalue weighted by atomic mass is 9.91. The van der Waals surface area contributed by atoms with Crippen LogP contribution in [0.15, 0.2) is 42.5 Å². The molecule has 0 heterocycles. The Morgan fingerprint density at radius 3 is 2.32 bits per heavy atom. The molecule has 0 aliphatic carbocycles. The minimum atomic E-state index is -1.49. The zero-order valence-corrected chi connectivity index (χ0v) is 13.4. The van der Waals surface area contributed by atoms with Gasteiger partial charge in [0.2, 0.25) is 0 Å². The first kappa shape index (κ1) is 15.8. The van der Waals surface area contributed by atoms with E-state index in [-0.39, 0.29) is 0 Å². The summed E-state index contributed by atoms with van der Waals surface area (Å²) in [5, 5.41) is 10.9. The Morgan fingerprint density at radius 1 is 1.16 bits per heavy atom. The Balaban J connectivity index is 3.09. The third-order valence-corrected chi connectivity index (χ3v) is 3.59. The molecule has 0 fully saturated rings. The van der Waals surface area contributed by atoms with Crippen molar-refractivity contribution >= 4 is 8.07 Å². The van der Waals surface area contributed by atoms with Gasteiger partial charge in [-0.1, -0.05) is 75.0 Å². The summed E-state index contributed by atoms with van der Waals surface area (Å²) in [6, 6.07) is 9.73. The van der Waals surface area contributed by atoms with Crippen LogP contribution in [0.5, 0.6) is 0 Å². The second-order valence-corrected chi connectivity index (χ2v) is 10.6. The molecule has 0 radical (unpaired) electrons. The summed E-state index contributed by atoms with van der Waals surface area (Å²) >= 11 is 0. The highest BCUT2D eigenvalue weighted by Gasteiger charge is 2.25. The molecule has 1 aromatic carbocycles. The lowest BCUT2D eigenvalue weighted by molar-refractivity contribution is 0.104. The fraction of sp³-hybridized carbons (Fsp3) is 0.412. The van der Waals surface area contributed by atoms with Gasteiger partial charge in [-0.25, -0.2) is 0 Å². The average molecular weight is 272 g/mol. The molecule has 0 unspecified atom stereocenters. The molecule has 1 nitrogen and oxygen atoms in total. The maximum absolute atomic E-state index is 10.9. The van der Waals surface area contributed by atoms with E-state index >= 15 is 0 Å². The molecule has 0 saturated heterocycles. The van der Waals surface area contributed by atoms with E-state index in [4.69, 9.17) is 0 Å². The monoisotopic (exact) mass is 272 g/mol. The first-order valence-electron chi connectivity index (χ1n) is 6.84. The van der Waals surface area contributed by atoms with Gasteiger partial charge < -0.3 is 5.11 Å². The zero-order valence-electron chi connectivity index (χ0n) is 12.4. The van der Waals surface area contributed by atoms with Crippen LogP contribution in [0.4, 0.5) is 0 Å². The van der Waals surface area contributed by atoms with Crippen molar-refractivity contribution in [3.63, 3.8) is 0 Å². The fourth-order valence-corrected chi connectivity index (χ4v) is 2.25. The standard InChI is InChI=1S/C17H24OSi/c1-5-6-10-13-17(18,14-15-19(2,3)4)16-11-8-7-9-12-16/h6-12,18H,5,13H2,1-4H3/t17-/m1/s1.